The Morgan fingerprint density at radius 1 is 0.522 bits per heavy atom. The van der Waals surface area contributed by atoms with Gasteiger partial charge in [-0.25, -0.2) is 0 Å². The molecule has 0 saturated carbocycles. The molecule has 0 spiro atoms. The van der Waals surface area contributed by atoms with Crippen LogP contribution in [-0.4, -0.2) is 36.6 Å². The first-order chi connectivity index (χ1) is 21.6. The molecule has 7 rings (SSSR count). The number of rotatable bonds is 5. The van der Waals surface area contributed by atoms with Gasteiger partial charge in [-0.3, -0.25) is 0 Å². The first-order valence-corrected chi connectivity index (χ1v) is 16.4. The van der Waals surface area contributed by atoms with Crippen molar-refractivity contribution in [1.82, 2.24) is 0 Å². The molecular formula is C40H44B2O4. The molecule has 0 N–H and O–H groups in total. The molecule has 0 bridgehead atoms. The largest absolute Gasteiger partial charge is 0.494 e. The maximum absolute atomic E-state index is 6.57. The SMILES string of the molecule is C=Cc1ccc(C2(c3ccc(C)cc3)c3cc(B4OC(C)(C)C(C)(C)O4)ccc3-c3ccc(B4OC(C)(C)C(C)(C)O4)cc32)cc1. The van der Waals surface area contributed by atoms with Crippen LogP contribution in [0.5, 0.6) is 0 Å². The number of aryl methyl sites for hydroxylation is 1. The van der Waals surface area contributed by atoms with Crippen LogP contribution in [0.2, 0.25) is 0 Å². The van der Waals surface area contributed by atoms with Crippen LogP contribution in [0.25, 0.3) is 17.2 Å². The van der Waals surface area contributed by atoms with Crippen molar-refractivity contribution in [3.05, 3.63) is 125 Å². The van der Waals surface area contributed by atoms with Gasteiger partial charge >= 0.3 is 14.2 Å². The Hall–Kier alpha value is -3.41. The molecule has 1 aliphatic carbocycles. The molecule has 4 aromatic carbocycles. The van der Waals surface area contributed by atoms with Crippen LogP contribution in [0.15, 0.2) is 91.5 Å². The van der Waals surface area contributed by atoms with Crippen LogP contribution in [0.1, 0.15) is 88.8 Å². The van der Waals surface area contributed by atoms with Crippen LogP contribution in [0, 0.1) is 6.92 Å². The molecular weight excluding hydrogens is 566 g/mol. The number of hydrogen-bond acceptors (Lipinski definition) is 4. The highest BCUT2D eigenvalue weighted by atomic mass is 16.7. The van der Waals surface area contributed by atoms with Crippen molar-refractivity contribution in [2.24, 2.45) is 0 Å². The Kier molecular flexibility index (Phi) is 6.98. The summed E-state index contributed by atoms with van der Waals surface area (Å²) in [5, 5.41) is 0. The van der Waals surface area contributed by atoms with Crippen molar-refractivity contribution < 1.29 is 18.6 Å². The van der Waals surface area contributed by atoms with E-state index in [1.807, 2.05) is 6.08 Å². The Balaban J connectivity index is 1.49. The van der Waals surface area contributed by atoms with Crippen molar-refractivity contribution in [2.45, 2.75) is 90.1 Å². The van der Waals surface area contributed by atoms with E-state index in [1.54, 1.807) is 0 Å². The second-order valence-electron chi connectivity index (χ2n) is 15.2. The van der Waals surface area contributed by atoms with Crippen LogP contribution >= 0.6 is 0 Å². The molecule has 3 aliphatic rings. The van der Waals surface area contributed by atoms with Crippen LogP contribution in [0.4, 0.5) is 0 Å². The lowest BCUT2D eigenvalue weighted by Gasteiger charge is -2.34. The van der Waals surface area contributed by atoms with E-state index < -0.39 is 42.1 Å². The highest BCUT2D eigenvalue weighted by Gasteiger charge is 2.55. The van der Waals surface area contributed by atoms with Gasteiger partial charge in [0.2, 0.25) is 0 Å². The molecule has 0 aromatic heterocycles. The molecule has 0 amide bonds. The Labute approximate surface area is 275 Å². The molecule has 46 heavy (non-hydrogen) atoms. The van der Waals surface area contributed by atoms with Gasteiger partial charge in [0.25, 0.3) is 0 Å². The number of benzene rings is 4. The fourth-order valence-electron chi connectivity index (χ4n) is 7.07. The Bertz CT molecular complexity index is 1720. The molecule has 0 atom stereocenters. The molecule has 2 saturated heterocycles. The lowest BCUT2D eigenvalue weighted by Crippen LogP contribution is -2.41. The summed E-state index contributed by atoms with van der Waals surface area (Å²) in [5.41, 5.74) is 9.13. The van der Waals surface area contributed by atoms with E-state index in [9.17, 15) is 0 Å². The molecule has 2 fully saturated rings. The van der Waals surface area contributed by atoms with Gasteiger partial charge in [-0.05, 0) is 112 Å². The van der Waals surface area contributed by atoms with Gasteiger partial charge in [0.15, 0.2) is 0 Å². The molecule has 2 heterocycles. The van der Waals surface area contributed by atoms with E-state index in [-0.39, 0.29) is 0 Å². The maximum atomic E-state index is 6.57. The van der Waals surface area contributed by atoms with Crippen molar-refractivity contribution in [3.63, 3.8) is 0 Å². The van der Waals surface area contributed by atoms with E-state index in [1.165, 1.54) is 38.9 Å². The van der Waals surface area contributed by atoms with Gasteiger partial charge < -0.3 is 18.6 Å². The van der Waals surface area contributed by atoms with Gasteiger partial charge in [0, 0.05) is 0 Å². The second-order valence-corrected chi connectivity index (χ2v) is 15.2. The summed E-state index contributed by atoms with van der Waals surface area (Å²) in [7, 11) is -0.948. The zero-order chi connectivity index (χ0) is 32.9. The third-order valence-corrected chi connectivity index (χ3v) is 11.3. The predicted molar refractivity (Wildman–Crippen MR) is 190 cm³/mol. The topological polar surface area (TPSA) is 36.9 Å². The maximum Gasteiger partial charge on any atom is 0.494 e. The Morgan fingerprint density at radius 2 is 0.891 bits per heavy atom. The van der Waals surface area contributed by atoms with Gasteiger partial charge in [-0.1, -0.05) is 103 Å². The van der Waals surface area contributed by atoms with Crippen molar-refractivity contribution >= 4 is 31.2 Å². The van der Waals surface area contributed by atoms with Crippen molar-refractivity contribution in [1.29, 1.82) is 0 Å². The fraction of sp³-hybridized carbons (Fsp3) is 0.350. The molecule has 234 valence electrons. The summed E-state index contributed by atoms with van der Waals surface area (Å²) >= 11 is 0. The molecule has 6 heteroatoms. The third-order valence-electron chi connectivity index (χ3n) is 11.3. The number of fused-ring (bicyclic) bond motifs is 3. The highest BCUT2D eigenvalue weighted by molar-refractivity contribution is 6.62. The van der Waals surface area contributed by atoms with E-state index >= 15 is 0 Å². The predicted octanol–water partition coefficient (Wildman–Crippen LogP) is 7.60. The summed E-state index contributed by atoms with van der Waals surface area (Å²) in [6, 6.07) is 31.2. The minimum atomic E-state index is -0.614. The van der Waals surface area contributed by atoms with E-state index in [0.29, 0.717) is 0 Å². The molecule has 2 aliphatic heterocycles. The normalized spacial score (nSPS) is 21.2. The van der Waals surface area contributed by atoms with Crippen molar-refractivity contribution in [3.8, 4) is 11.1 Å². The zero-order valence-electron chi connectivity index (χ0n) is 28.7. The van der Waals surface area contributed by atoms with E-state index in [4.69, 9.17) is 18.6 Å². The van der Waals surface area contributed by atoms with Crippen molar-refractivity contribution in [2.75, 3.05) is 0 Å². The van der Waals surface area contributed by atoms with E-state index in [2.05, 4.69) is 154 Å². The lowest BCUT2D eigenvalue weighted by atomic mass is 9.65. The summed E-state index contributed by atoms with van der Waals surface area (Å²) in [5.74, 6) is 0. The summed E-state index contributed by atoms with van der Waals surface area (Å²) < 4.78 is 26.3. The van der Waals surface area contributed by atoms with Gasteiger partial charge in [-0.2, -0.15) is 0 Å². The highest BCUT2D eigenvalue weighted by Crippen LogP contribution is 2.56. The van der Waals surface area contributed by atoms with Crippen LogP contribution in [-0.2, 0) is 24.0 Å². The lowest BCUT2D eigenvalue weighted by molar-refractivity contribution is 0.00578. The first-order valence-electron chi connectivity index (χ1n) is 16.4. The first kappa shape index (κ1) is 31.2. The minimum absolute atomic E-state index is 0.439. The molecule has 0 unspecified atom stereocenters. The molecule has 4 aromatic rings. The summed E-state index contributed by atoms with van der Waals surface area (Å²) in [6.45, 7) is 23.0. The fourth-order valence-corrected chi connectivity index (χ4v) is 7.07. The number of hydrogen-bond donors (Lipinski definition) is 0. The van der Waals surface area contributed by atoms with Gasteiger partial charge in [0.1, 0.15) is 0 Å². The zero-order valence-corrected chi connectivity index (χ0v) is 28.7. The smallest absolute Gasteiger partial charge is 0.399 e. The average Bonchev–Trinajstić information content (AvgIpc) is 3.51. The van der Waals surface area contributed by atoms with Crippen LogP contribution in [0.3, 0.4) is 0 Å². The second kappa shape index (κ2) is 10.3. The minimum Gasteiger partial charge on any atom is -0.399 e. The monoisotopic (exact) mass is 610 g/mol. The summed E-state index contributed by atoms with van der Waals surface area (Å²) in [4.78, 5) is 0. The van der Waals surface area contributed by atoms with E-state index in [0.717, 1.165) is 16.5 Å². The quantitative estimate of drug-likeness (QED) is 0.192. The van der Waals surface area contributed by atoms with Crippen LogP contribution < -0.4 is 10.9 Å². The van der Waals surface area contributed by atoms with Gasteiger partial charge in [-0.15, -0.1) is 0 Å². The van der Waals surface area contributed by atoms with Gasteiger partial charge in [0.05, 0.1) is 27.8 Å². The third kappa shape index (κ3) is 4.52. The molecule has 0 radical (unpaired) electrons. The molecule has 4 nitrogen and oxygen atoms in total. The average molecular weight is 610 g/mol. The standard InChI is InChI=1S/C40H44B2O4/c1-11-27-14-18-29(19-15-27)40(28-16-12-26(2)13-17-28)34-24-30(41-43-36(3,4)37(5,6)44-41)20-22-32(34)33-23-21-31(25-35(33)40)42-45-38(7,8)39(9,10)46-42/h11-25H,1H2,2-10H3. The summed E-state index contributed by atoms with van der Waals surface area (Å²) in [6.07, 6.45) is 1.89. The Morgan fingerprint density at radius 3 is 1.26 bits per heavy atom.